The van der Waals surface area contributed by atoms with Gasteiger partial charge in [0.1, 0.15) is 23.5 Å². The fraction of sp³-hybridized carbons (Fsp3) is 0.611. The van der Waals surface area contributed by atoms with Crippen molar-refractivity contribution < 1.29 is 13.9 Å². The van der Waals surface area contributed by atoms with Crippen molar-refractivity contribution in [3.05, 3.63) is 29.6 Å². The van der Waals surface area contributed by atoms with E-state index in [9.17, 15) is 9.18 Å². The molecule has 0 radical (unpaired) electrons. The molecule has 0 fully saturated rings. The summed E-state index contributed by atoms with van der Waals surface area (Å²) in [7, 11) is 1.84. The Bertz CT molecular complexity index is 408. The molecule has 0 heterocycles. The molecule has 0 amide bonds. The monoisotopic (exact) mass is 313 g/mol. The molecule has 0 aromatic heterocycles. The van der Waals surface area contributed by atoms with E-state index in [1.54, 1.807) is 6.07 Å². The number of rotatable bonds is 7. The van der Waals surface area contributed by atoms with Crippen LogP contribution in [0.2, 0.25) is 0 Å². The van der Waals surface area contributed by atoms with E-state index < -0.39 is 0 Å². The number of hydrogen-bond acceptors (Lipinski definition) is 3. The Morgan fingerprint density at radius 3 is 2.32 bits per heavy atom. The molecule has 1 unspecified atom stereocenters. The minimum Gasteiger partial charge on any atom is -0.489 e. The molecule has 128 valence electrons. The van der Waals surface area contributed by atoms with E-state index in [1.165, 1.54) is 19.1 Å². The Labute approximate surface area is 135 Å². The second-order valence-electron chi connectivity index (χ2n) is 4.48. The predicted molar refractivity (Wildman–Crippen MR) is 92.1 cm³/mol. The highest BCUT2D eigenvalue weighted by molar-refractivity contribution is 5.75. The van der Waals surface area contributed by atoms with Crippen LogP contribution < -0.4 is 10.1 Å². The van der Waals surface area contributed by atoms with Crippen molar-refractivity contribution in [1.82, 2.24) is 5.32 Å². The summed E-state index contributed by atoms with van der Waals surface area (Å²) in [6.07, 6.45) is 0.941. The molecule has 4 heteroatoms. The molecule has 0 bridgehead atoms. The average Bonchev–Trinajstić information content (AvgIpc) is 2.49. The molecule has 3 nitrogen and oxygen atoms in total. The van der Waals surface area contributed by atoms with E-state index in [2.05, 4.69) is 5.32 Å². The van der Waals surface area contributed by atoms with Gasteiger partial charge in [-0.2, -0.15) is 0 Å². The molecule has 1 aromatic rings. The van der Waals surface area contributed by atoms with E-state index in [0.717, 1.165) is 5.56 Å². The molecule has 0 spiro atoms. The van der Waals surface area contributed by atoms with Gasteiger partial charge in [0, 0.05) is 19.0 Å². The van der Waals surface area contributed by atoms with Crippen LogP contribution in [-0.2, 0) is 11.2 Å². The molecule has 0 aliphatic rings. The Balaban J connectivity index is 0. The van der Waals surface area contributed by atoms with Gasteiger partial charge in [0.2, 0.25) is 0 Å². The number of aryl methyl sites for hydroxylation is 1. The first-order valence-electron chi connectivity index (χ1n) is 8.11. The van der Waals surface area contributed by atoms with Crippen molar-refractivity contribution in [3.8, 4) is 5.75 Å². The van der Waals surface area contributed by atoms with Crippen molar-refractivity contribution >= 4 is 5.78 Å². The molecule has 0 aliphatic heterocycles. The Morgan fingerprint density at radius 1 is 1.23 bits per heavy atom. The summed E-state index contributed by atoms with van der Waals surface area (Å²) in [5.74, 6) is 0.282. The number of likely N-dealkylation sites (N-methyl/N-ethyl adjacent to an activating group) is 1. The summed E-state index contributed by atoms with van der Waals surface area (Å²) in [6.45, 7) is 12.1. The highest BCUT2D eigenvalue weighted by Crippen LogP contribution is 2.19. The molecule has 1 atom stereocenters. The van der Waals surface area contributed by atoms with Crippen LogP contribution in [0.15, 0.2) is 18.2 Å². The maximum absolute atomic E-state index is 13.4. The third-order valence-electron chi connectivity index (χ3n) is 2.53. The number of hydrogen-bond donors (Lipinski definition) is 1. The highest BCUT2D eigenvalue weighted by atomic mass is 19.1. The standard InChI is InChI=1S/C14H20FNO2.2C2H6/c1-10(17)4-5-12-6-13(15)8-14(7-12)18-11(2)9-16-3;2*1-2/h6-8,11,16H,4-5,9H2,1-3H3;2*1-2H3. The Kier molecular flexibility index (Phi) is 15.1. The maximum Gasteiger partial charge on any atom is 0.130 e. The van der Waals surface area contributed by atoms with Crippen molar-refractivity contribution in [2.24, 2.45) is 0 Å². The number of benzene rings is 1. The smallest absolute Gasteiger partial charge is 0.130 e. The minimum atomic E-state index is -0.331. The fourth-order valence-corrected chi connectivity index (χ4v) is 1.71. The molecule has 0 saturated heterocycles. The molecular formula is C18H32FNO2. The number of halogens is 1. The van der Waals surface area contributed by atoms with Crippen LogP contribution >= 0.6 is 0 Å². The summed E-state index contributed by atoms with van der Waals surface area (Å²) in [6, 6.07) is 4.60. The number of Topliss-reactive ketones (excluding diaryl/α,β-unsaturated/α-hetero) is 1. The zero-order chi connectivity index (χ0) is 17.5. The average molecular weight is 313 g/mol. The van der Waals surface area contributed by atoms with Crippen molar-refractivity contribution in [2.75, 3.05) is 13.6 Å². The Hall–Kier alpha value is -1.42. The van der Waals surface area contributed by atoms with Crippen LogP contribution in [0, 0.1) is 5.82 Å². The quantitative estimate of drug-likeness (QED) is 0.811. The Morgan fingerprint density at radius 2 is 1.82 bits per heavy atom. The van der Waals surface area contributed by atoms with Gasteiger partial charge in [0.25, 0.3) is 0 Å². The summed E-state index contributed by atoms with van der Waals surface area (Å²) in [5.41, 5.74) is 0.789. The van der Waals surface area contributed by atoms with Crippen molar-refractivity contribution in [1.29, 1.82) is 0 Å². The summed E-state index contributed by atoms with van der Waals surface area (Å²) in [5, 5.41) is 2.99. The second-order valence-corrected chi connectivity index (χ2v) is 4.48. The van der Waals surface area contributed by atoms with Gasteiger partial charge in [-0.1, -0.05) is 27.7 Å². The zero-order valence-corrected chi connectivity index (χ0v) is 15.1. The predicted octanol–water partition coefficient (Wildman–Crippen LogP) is 4.39. The molecule has 22 heavy (non-hydrogen) atoms. The van der Waals surface area contributed by atoms with Gasteiger partial charge in [-0.15, -0.1) is 0 Å². The molecule has 0 aliphatic carbocycles. The summed E-state index contributed by atoms with van der Waals surface area (Å²) in [4.78, 5) is 10.9. The second kappa shape index (κ2) is 14.5. The lowest BCUT2D eigenvalue weighted by molar-refractivity contribution is -0.116. The van der Waals surface area contributed by atoms with Gasteiger partial charge < -0.3 is 14.8 Å². The molecule has 0 saturated carbocycles. The number of nitrogens with one attached hydrogen (secondary N) is 1. The third kappa shape index (κ3) is 11.3. The highest BCUT2D eigenvalue weighted by Gasteiger charge is 2.07. The summed E-state index contributed by atoms with van der Waals surface area (Å²) < 4.78 is 19.0. The topological polar surface area (TPSA) is 38.3 Å². The molecule has 1 aromatic carbocycles. The van der Waals surface area contributed by atoms with Crippen LogP contribution in [-0.4, -0.2) is 25.5 Å². The van der Waals surface area contributed by atoms with Crippen LogP contribution in [0.3, 0.4) is 0 Å². The number of ketones is 1. The van der Waals surface area contributed by atoms with Gasteiger partial charge in [-0.25, -0.2) is 4.39 Å². The normalized spacial score (nSPS) is 10.5. The van der Waals surface area contributed by atoms with Crippen LogP contribution in [0.4, 0.5) is 4.39 Å². The summed E-state index contributed by atoms with van der Waals surface area (Å²) >= 11 is 0. The molecule has 1 rings (SSSR count). The van der Waals surface area contributed by atoms with E-state index in [1.807, 2.05) is 41.7 Å². The van der Waals surface area contributed by atoms with Gasteiger partial charge in [0.05, 0.1) is 0 Å². The van der Waals surface area contributed by atoms with E-state index in [-0.39, 0.29) is 17.7 Å². The van der Waals surface area contributed by atoms with Crippen molar-refractivity contribution in [3.63, 3.8) is 0 Å². The van der Waals surface area contributed by atoms with Gasteiger partial charge >= 0.3 is 0 Å². The number of carbonyl (C=O) groups is 1. The largest absolute Gasteiger partial charge is 0.489 e. The first-order valence-corrected chi connectivity index (χ1v) is 8.11. The lowest BCUT2D eigenvalue weighted by Gasteiger charge is -2.15. The SMILES string of the molecule is CC.CC.CNCC(C)Oc1cc(F)cc(CCC(C)=O)c1. The zero-order valence-electron chi connectivity index (χ0n) is 15.1. The van der Waals surface area contributed by atoms with E-state index >= 15 is 0 Å². The first kappa shape index (κ1) is 22.9. The number of ether oxygens (including phenoxy) is 1. The van der Waals surface area contributed by atoms with E-state index in [4.69, 9.17) is 4.74 Å². The first-order chi connectivity index (χ1) is 10.5. The lowest BCUT2D eigenvalue weighted by atomic mass is 10.1. The minimum absolute atomic E-state index is 0.0301. The van der Waals surface area contributed by atoms with Gasteiger partial charge in [-0.05, 0) is 45.0 Å². The van der Waals surface area contributed by atoms with Gasteiger partial charge in [-0.3, -0.25) is 0 Å². The lowest BCUT2D eigenvalue weighted by Crippen LogP contribution is -2.26. The van der Waals surface area contributed by atoms with Crippen molar-refractivity contribution in [2.45, 2.75) is 60.5 Å². The van der Waals surface area contributed by atoms with Crippen LogP contribution in [0.25, 0.3) is 0 Å². The van der Waals surface area contributed by atoms with E-state index in [0.29, 0.717) is 25.1 Å². The van der Waals surface area contributed by atoms with Crippen LogP contribution in [0.1, 0.15) is 53.5 Å². The molecular weight excluding hydrogens is 281 g/mol. The fourth-order valence-electron chi connectivity index (χ4n) is 1.71. The molecule has 1 N–H and O–H groups in total. The van der Waals surface area contributed by atoms with Gasteiger partial charge in [0.15, 0.2) is 0 Å². The number of carbonyl (C=O) groups excluding carboxylic acids is 1. The third-order valence-corrected chi connectivity index (χ3v) is 2.53. The van der Waals surface area contributed by atoms with Crippen LogP contribution in [0.5, 0.6) is 5.75 Å². The maximum atomic E-state index is 13.4.